The maximum atomic E-state index is 10.1. The molecule has 0 bridgehead atoms. The van der Waals surface area contributed by atoms with Crippen molar-refractivity contribution in [1.82, 2.24) is 9.78 Å². The van der Waals surface area contributed by atoms with Crippen molar-refractivity contribution in [3.63, 3.8) is 0 Å². The molecule has 4 heteroatoms. The second-order valence-electron chi connectivity index (χ2n) is 4.24. The Bertz CT molecular complexity index is 568. The Morgan fingerprint density at radius 3 is 2.94 bits per heavy atom. The van der Waals surface area contributed by atoms with E-state index in [0.29, 0.717) is 12.0 Å². The predicted octanol–water partition coefficient (Wildman–Crippen LogP) is 1.96. The van der Waals surface area contributed by atoms with Gasteiger partial charge in [0.15, 0.2) is 0 Å². The van der Waals surface area contributed by atoms with Crippen LogP contribution in [-0.4, -0.2) is 14.9 Å². The molecular weight excluding hydrogens is 226 g/mol. The largest absolute Gasteiger partial charge is 0.388 e. The van der Waals surface area contributed by atoms with Crippen LogP contribution >= 0.6 is 0 Å². The van der Waals surface area contributed by atoms with E-state index in [2.05, 4.69) is 11.2 Å². The first-order chi connectivity index (χ1) is 8.70. The van der Waals surface area contributed by atoms with E-state index in [-0.39, 0.29) is 0 Å². The molecule has 0 aliphatic rings. The van der Waals surface area contributed by atoms with E-state index in [9.17, 15) is 5.11 Å². The Morgan fingerprint density at radius 1 is 1.44 bits per heavy atom. The molecule has 0 radical (unpaired) electrons. The highest BCUT2D eigenvalue weighted by Crippen LogP contribution is 2.19. The molecule has 2 aromatic rings. The molecule has 0 fully saturated rings. The van der Waals surface area contributed by atoms with Gasteiger partial charge in [-0.1, -0.05) is 12.1 Å². The minimum absolute atomic E-state index is 0.548. The van der Waals surface area contributed by atoms with Crippen LogP contribution < -0.4 is 0 Å². The number of aliphatic hydroxyl groups is 1. The number of nitriles is 1. The van der Waals surface area contributed by atoms with Crippen molar-refractivity contribution in [1.29, 1.82) is 5.26 Å². The van der Waals surface area contributed by atoms with Gasteiger partial charge in [0.05, 0.1) is 17.7 Å². The first-order valence-electron chi connectivity index (χ1n) is 5.85. The van der Waals surface area contributed by atoms with Gasteiger partial charge in [0.1, 0.15) is 0 Å². The number of rotatable bonds is 4. The normalized spacial score (nSPS) is 12.1. The number of aliphatic hydroxyl groups excluding tert-OH is 1. The quantitative estimate of drug-likeness (QED) is 0.890. The summed E-state index contributed by atoms with van der Waals surface area (Å²) in [5.74, 6) is 0. The molecule has 1 aromatic heterocycles. The summed E-state index contributed by atoms with van der Waals surface area (Å²) in [4.78, 5) is 0. The maximum absolute atomic E-state index is 10.1. The zero-order chi connectivity index (χ0) is 13.0. The van der Waals surface area contributed by atoms with E-state index in [4.69, 9.17) is 5.26 Å². The fourth-order valence-electron chi connectivity index (χ4n) is 1.91. The number of aryl methyl sites for hydroxylation is 2. The Labute approximate surface area is 106 Å². The number of benzene rings is 1. The second kappa shape index (κ2) is 5.48. The minimum Gasteiger partial charge on any atom is -0.388 e. The molecule has 1 N–H and O–H groups in total. The molecule has 1 heterocycles. The van der Waals surface area contributed by atoms with Crippen LogP contribution in [0.15, 0.2) is 36.5 Å². The van der Waals surface area contributed by atoms with Crippen molar-refractivity contribution in [3.8, 4) is 6.07 Å². The fourth-order valence-corrected chi connectivity index (χ4v) is 1.91. The SMILES string of the molecule is Cn1nccc1CCC(O)c1cccc(C#N)c1. The van der Waals surface area contributed by atoms with Crippen LogP contribution in [0.3, 0.4) is 0 Å². The molecule has 0 aliphatic carbocycles. The average Bonchev–Trinajstić information content (AvgIpc) is 2.81. The van der Waals surface area contributed by atoms with Gasteiger partial charge in [-0.15, -0.1) is 0 Å². The molecule has 92 valence electrons. The predicted molar refractivity (Wildman–Crippen MR) is 67.6 cm³/mol. The molecule has 2 rings (SSSR count). The van der Waals surface area contributed by atoms with E-state index in [1.54, 1.807) is 29.1 Å². The lowest BCUT2D eigenvalue weighted by Gasteiger charge is -2.11. The Hall–Kier alpha value is -2.12. The average molecular weight is 241 g/mol. The molecular formula is C14H15N3O. The van der Waals surface area contributed by atoms with Crippen LogP contribution in [-0.2, 0) is 13.5 Å². The van der Waals surface area contributed by atoms with E-state index >= 15 is 0 Å². The second-order valence-corrected chi connectivity index (χ2v) is 4.24. The van der Waals surface area contributed by atoms with Crippen molar-refractivity contribution in [2.75, 3.05) is 0 Å². The molecule has 18 heavy (non-hydrogen) atoms. The Morgan fingerprint density at radius 2 is 2.28 bits per heavy atom. The summed E-state index contributed by atoms with van der Waals surface area (Å²) in [5.41, 5.74) is 2.45. The van der Waals surface area contributed by atoms with Crippen molar-refractivity contribution < 1.29 is 5.11 Å². The van der Waals surface area contributed by atoms with Crippen molar-refractivity contribution in [2.45, 2.75) is 18.9 Å². The molecule has 0 saturated heterocycles. The number of hydrogen-bond acceptors (Lipinski definition) is 3. The smallest absolute Gasteiger partial charge is 0.0991 e. The van der Waals surface area contributed by atoms with Crippen molar-refractivity contribution >= 4 is 0 Å². The monoisotopic (exact) mass is 241 g/mol. The fraction of sp³-hybridized carbons (Fsp3) is 0.286. The highest BCUT2D eigenvalue weighted by atomic mass is 16.3. The Balaban J connectivity index is 2.01. The first kappa shape index (κ1) is 12.3. The van der Waals surface area contributed by atoms with E-state index < -0.39 is 6.10 Å². The van der Waals surface area contributed by atoms with E-state index in [1.165, 1.54) is 0 Å². The van der Waals surface area contributed by atoms with Gasteiger partial charge in [0.25, 0.3) is 0 Å². The molecule has 0 amide bonds. The summed E-state index contributed by atoms with van der Waals surface area (Å²) in [7, 11) is 1.89. The van der Waals surface area contributed by atoms with Gasteiger partial charge >= 0.3 is 0 Å². The third-order valence-electron chi connectivity index (χ3n) is 3.00. The van der Waals surface area contributed by atoms with Crippen molar-refractivity contribution in [3.05, 3.63) is 53.3 Å². The summed E-state index contributed by atoms with van der Waals surface area (Å²) in [6.45, 7) is 0. The molecule has 0 aliphatic heterocycles. The number of hydrogen-bond donors (Lipinski definition) is 1. The van der Waals surface area contributed by atoms with Gasteiger partial charge in [0, 0.05) is 18.9 Å². The van der Waals surface area contributed by atoms with Crippen LogP contribution in [0.4, 0.5) is 0 Å². The van der Waals surface area contributed by atoms with Gasteiger partial charge in [0.2, 0.25) is 0 Å². The molecule has 1 unspecified atom stereocenters. The lowest BCUT2D eigenvalue weighted by molar-refractivity contribution is 0.167. The van der Waals surface area contributed by atoms with Gasteiger partial charge < -0.3 is 5.11 Å². The van der Waals surface area contributed by atoms with Crippen LogP contribution in [0.1, 0.15) is 29.3 Å². The topological polar surface area (TPSA) is 61.8 Å². The van der Waals surface area contributed by atoms with Gasteiger partial charge in [-0.3, -0.25) is 4.68 Å². The minimum atomic E-state index is -0.548. The van der Waals surface area contributed by atoms with Crippen LogP contribution in [0.5, 0.6) is 0 Å². The summed E-state index contributed by atoms with van der Waals surface area (Å²) >= 11 is 0. The maximum Gasteiger partial charge on any atom is 0.0991 e. The number of nitrogens with zero attached hydrogens (tertiary/aromatic N) is 3. The molecule has 0 saturated carbocycles. The highest BCUT2D eigenvalue weighted by molar-refractivity contribution is 5.33. The van der Waals surface area contributed by atoms with Crippen LogP contribution in [0, 0.1) is 11.3 Å². The Kier molecular flexibility index (Phi) is 3.75. The summed E-state index contributed by atoms with van der Waals surface area (Å²) in [6, 6.07) is 11.1. The lowest BCUT2D eigenvalue weighted by atomic mass is 10.0. The lowest BCUT2D eigenvalue weighted by Crippen LogP contribution is -2.03. The standard InChI is InChI=1S/C14H15N3O/c1-17-13(7-8-16-17)5-6-14(18)12-4-2-3-11(9-12)10-15/h2-4,7-9,14,18H,5-6H2,1H3. The van der Waals surface area contributed by atoms with Gasteiger partial charge in [-0.05, 0) is 36.6 Å². The van der Waals surface area contributed by atoms with Gasteiger partial charge in [-0.2, -0.15) is 10.4 Å². The molecule has 1 aromatic carbocycles. The van der Waals surface area contributed by atoms with Crippen molar-refractivity contribution in [2.24, 2.45) is 7.05 Å². The van der Waals surface area contributed by atoms with E-state index in [1.807, 2.05) is 19.2 Å². The zero-order valence-electron chi connectivity index (χ0n) is 10.2. The van der Waals surface area contributed by atoms with E-state index in [0.717, 1.165) is 17.7 Å². The zero-order valence-corrected chi connectivity index (χ0v) is 10.2. The third-order valence-corrected chi connectivity index (χ3v) is 3.00. The van der Waals surface area contributed by atoms with Crippen LogP contribution in [0.25, 0.3) is 0 Å². The third kappa shape index (κ3) is 2.76. The number of aromatic nitrogens is 2. The summed E-state index contributed by atoms with van der Waals surface area (Å²) in [6.07, 6.45) is 2.58. The summed E-state index contributed by atoms with van der Waals surface area (Å²) in [5, 5.41) is 23.0. The summed E-state index contributed by atoms with van der Waals surface area (Å²) < 4.78 is 1.80. The first-order valence-corrected chi connectivity index (χ1v) is 5.85. The van der Waals surface area contributed by atoms with Gasteiger partial charge in [-0.25, -0.2) is 0 Å². The highest BCUT2D eigenvalue weighted by Gasteiger charge is 2.09. The molecule has 0 spiro atoms. The van der Waals surface area contributed by atoms with Crippen LogP contribution in [0.2, 0.25) is 0 Å². The molecule has 4 nitrogen and oxygen atoms in total. The molecule has 1 atom stereocenters.